The Bertz CT molecular complexity index is 124. The zero-order chi connectivity index (χ0) is 10.6. The minimum Gasteiger partial charge on any atom is -0.0885 e. The molecule has 0 saturated carbocycles. The van der Waals surface area contributed by atoms with Gasteiger partial charge in [-0.1, -0.05) is 58.6 Å². The molecule has 0 N–H and O–H groups in total. The Morgan fingerprint density at radius 3 is 2.21 bits per heavy atom. The van der Waals surface area contributed by atoms with Gasteiger partial charge in [0.1, 0.15) is 0 Å². The highest BCUT2D eigenvalue weighted by molar-refractivity contribution is 4.82. The molecule has 0 heterocycles. The highest BCUT2D eigenvalue weighted by atomic mass is 14.0. The molecule has 0 nitrogen and oxygen atoms in total. The van der Waals surface area contributed by atoms with Gasteiger partial charge in [0.15, 0.2) is 0 Å². The zero-order valence-electron chi connectivity index (χ0n) is 9.80. The molecule has 2 radical (unpaired) electrons. The van der Waals surface area contributed by atoms with Gasteiger partial charge in [0.2, 0.25) is 0 Å². The second-order valence-electron chi connectivity index (χ2n) is 4.15. The third-order valence-corrected chi connectivity index (χ3v) is 2.56. The maximum atomic E-state index is 3.87. The number of hydrogen-bond donors (Lipinski definition) is 0. The summed E-state index contributed by atoms with van der Waals surface area (Å²) in [6, 6.07) is 0. The first-order valence-electron chi connectivity index (χ1n) is 6.04. The Kier molecular flexibility index (Phi) is 10.6. The first-order chi connectivity index (χ1) is 6.81. The van der Waals surface area contributed by atoms with Crippen molar-refractivity contribution in [2.24, 2.45) is 5.92 Å². The van der Waals surface area contributed by atoms with Crippen molar-refractivity contribution in [2.75, 3.05) is 0 Å². The molecule has 0 aliphatic heterocycles. The van der Waals surface area contributed by atoms with E-state index in [0.717, 1.165) is 18.8 Å². The summed E-state index contributed by atoms with van der Waals surface area (Å²) >= 11 is 0. The Morgan fingerprint density at radius 2 is 1.57 bits per heavy atom. The lowest BCUT2D eigenvalue weighted by Gasteiger charge is -2.07. The van der Waals surface area contributed by atoms with Gasteiger partial charge in [-0.15, -0.1) is 0 Å². The van der Waals surface area contributed by atoms with Gasteiger partial charge in [-0.3, -0.25) is 0 Å². The quantitative estimate of drug-likeness (QED) is 0.359. The van der Waals surface area contributed by atoms with Gasteiger partial charge in [-0.2, -0.15) is 0 Å². The van der Waals surface area contributed by atoms with Crippen molar-refractivity contribution in [1.82, 2.24) is 0 Å². The summed E-state index contributed by atoms with van der Waals surface area (Å²) in [6.07, 6.45) is 14.4. The monoisotopic (exact) mass is 194 g/mol. The van der Waals surface area contributed by atoms with Crippen molar-refractivity contribution in [2.45, 2.75) is 58.3 Å². The fourth-order valence-corrected chi connectivity index (χ4v) is 1.52. The van der Waals surface area contributed by atoms with E-state index in [-0.39, 0.29) is 0 Å². The van der Waals surface area contributed by atoms with Gasteiger partial charge in [-0.05, 0) is 31.6 Å². The summed E-state index contributed by atoms with van der Waals surface area (Å²) in [5.41, 5.74) is 0. The number of allylic oxidation sites excluding steroid dienone is 2. The van der Waals surface area contributed by atoms with Crippen LogP contribution in [0.5, 0.6) is 0 Å². The van der Waals surface area contributed by atoms with Gasteiger partial charge in [0.25, 0.3) is 0 Å². The third-order valence-electron chi connectivity index (χ3n) is 2.56. The van der Waals surface area contributed by atoms with Gasteiger partial charge in [-0.25, -0.2) is 0 Å². The average molecular weight is 194 g/mol. The first-order valence-corrected chi connectivity index (χ1v) is 6.04. The van der Waals surface area contributed by atoms with Crippen molar-refractivity contribution in [3.8, 4) is 0 Å². The Morgan fingerprint density at radius 1 is 0.929 bits per heavy atom. The topological polar surface area (TPSA) is 0 Å². The smallest absolute Gasteiger partial charge is 0.0348 e. The minimum absolute atomic E-state index is 0.870. The largest absolute Gasteiger partial charge is 0.0885 e. The summed E-state index contributed by atoms with van der Waals surface area (Å²) in [6.45, 7) is 10.0. The van der Waals surface area contributed by atoms with Gasteiger partial charge >= 0.3 is 0 Å². The number of unbranched alkanes of at least 4 members (excludes halogenated alkanes) is 3. The van der Waals surface area contributed by atoms with Crippen LogP contribution >= 0.6 is 0 Å². The van der Waals surface area contributed by atoms with Gasteiger partial charge in [0, 0.05) is 0 Å². The Labute approximate surface area is 90.8 Å². The standard InChI is InChI=1S/C14H26/c1-4-6-8-9-10-11-13-14(3)12-7-5-2/h9-10,14H,1-2,4-8,11-13H2,3H3/b10-9+. The molecular formula is C14H26. The summed E-state index contributed by atoms with van der Waals surface area (Å²) in [5, 5.41) is 0. The highest BCUT2D eigenvalue weighted by Gasteiger charge is 1.98. The van der Waals surface area contributed by atoms with Crippen LogP contribution in [0.2, 0.25) is 0 Å². The van der Waals surface area contributed by atoms with Crippen LogP contribution in [-0.4, -0.2) is 0 Å². The van der Waals surface area contributed by atoms with Crippen molar-refractivity contribution in [3.05, 3.63) is 26.0 Å². The molecule has 1 unspecified atom stereocenters. The van der Waals surface area contributed by atoms with E-state index in [1.54, 1.807) is 0 Å². The SMILES string of the molecule is [CH2]CCC/C=C/CCC(C)CCC[CH2]. The molecule has 0 aromatic rings. The van der Waals surface area contributed by atoms with Crippen molar-refractivity contribution >= 4 is 0 Å². The fraction of sp³-hybridized carbons (Fsp3) is 0.714. The molecule has 0 heteroatoms. The second kappa shape index (κ2) is 10.8. The molecule has 0 saturated heterocycles. The molecule has 0 aromatic carbocycles. The zero-order valence-corrected chi connectivity index (χ0v) is 9.80. The minimum atomic E-state index is 0.870. The molecule has 0 amide bonds. The van der Waals surface area contributed by atoms with Crippen LogP contribution in [0.4, 0.5) is 0 Å². The van der Waals surface area contributed by atoms with Crippen LogP contribution in [0, 0.1) is 19.8 Å². The van der Waals surface area contributed by atoms with Crippen molar-refractivity contribution in [3.63, 3.8) is 0 Å². The van der Waals surface area contributed by atoms with Crippen LogP contribution < -0.4 is 0 Å². The maximum Gasteiger partial charge on any atom is -0.0348 e. The lowest BCUT2D eigenvalue weighted by atomic mass is 9.99. The fourth-order valence-electron chi connectivity index (χ4n) is 1.52. The molecule has 82 valence electrons. The normalized spacial score (nSPS) is 13.6. The molecule has 0 aliphatic rings. The number of hydrogen-bond acceptors (Lipinski definition) is 0. The van der Waals surface area contributed by atoms with E-state index in [2.05, 4.69) is 32.9 Å². The van der Waals surface area contributed by atoms with Crippen LogP contribution in [0.25, 0.3) is 0 Å². The van der Waals surface area contributed by atoms with E-state index in [9.17, 15) is 0 Å². The highest BCUT2D eigenvalue weighted by Crippen LogP contribution is 2.14. The molecular weight excluding hydrogens is 168 g/mol. The van der Waals surface area contributed by atoms with Gasteiger partial charge < -0.3 is 0 Å². The predicted molar refractivity (Wildman–Crippen MR) is 66.0 cm³/mol. The van der Waals surface area contributed by atoms with E-state index in [1.165, 1.54) is 38.5 Å². The summed E-state index contributed by atoms with van der Waals surface area (Å²) in [7, 11) is 0. The van der Waals surface area contributed by atoms with E-state index in [4.69, 9.17) is 0 Å². The number of rotatable bonds is 9. The van der Waals surface area contributed by atoms with Crippen LogP contribution in [0.1, 0.15) is 58.3 Å². The molecule has 0 bridgehead atoms. The molecule has 1 atom stereocenters. The summed E-state index contributed by atoms with van der Waals surface area (Å²) < 4.78 is 0. The van der Waals surface area contributed by atoms with Gasteiger partial charge in [0.05, 0.1) is 0 Å². The van der Waals surface area contributed by atoms with Crippen LogP contribution in [-0.2, 0) is 0 Å². The molecule has 0 fully saturated rings. The second-order valence-corrected chi connectivity index (χ2v) is 4.15. The molecule has 0 aliphatic carbocycles. The van der Waals surface area contributed by atoms with E-state index >= 15 is 0 Å². The van der Waals surface area contributed by atoms with Crippen LogP contribution in [0.3, 0.4) is 0 Å². The Balaban J connectivity index is 3.21. The average Bonchev–Trinajstić information content (AvgIpc) is 2.20. The molecule has 0 rings (SSSR count). The molecule has 0 aromatic heterocycles. The summed E-state index contributed by atoms with van der Waals surface area (Å²) in [4.78, 5) is 0. The van der Waals surface area contributed by atoms with E-state index in [0.29, 0.717) is 0 Å². The van der Waals surface area contributed by atoms with E-state index in [1.807, 2.05) is 0 Å². The molecule has 0 spiro atoms. The lowest BCUT2D eigenvalue weighted by molar-refractivity contribution is 0.480. The van der Waals surface area contributed by atoms with Crippen LogP contribution in [0.15, 0.2) is 12.2 Å². The van der Waals surface area contributed by atoms with Crippen molar-refractivity contribution in [1.29, 1.82) is 0 Å². The van der Waals surface area contributed by atoms with Crippen molar-refractivity contribution < 1.29 is 0 Å². The maximum absolute atomic E-state index is 3.87. The van der Waals surface area contributed by atoms with E-state index < -0.39 is 0 Å². The Hall–Kier alpha value is -0.260. The predicted octanol–water partition coefficient (Wildman–Crippen LogP) is 4.97. The lowest BCUT2D eigenvalue weighted by Crippen LogP contribution is -1.93. The summed E-state index contributed by atoms with van der Waals surface area (Å²) in [5.74, 6) is 0.870. The third kappa shape index (κ3) is 9.83. The first kappa shape index (κ1) is 13.7. The molecule has 14 heavy (non-hydrogen) atoms.